The molecule has 1 nitrogen and oxygen atoms in total. The average molecular weight is 205 g/mol. The van der Waals surface area contributed by atoms with E-state index in [0.29, 0.717) is 5.41 Å². The van der Waals surface area contributed by atoms with Crippen molar-refractivity contribution in [2.75, 3.05) is 0 Å². The summed E-state index contributed by atoms with van der Waals surface area (Å²) in [6, 6.07) is -0.392. The van der Waals surface area contributed by atoms with Crippen molar-refractivity contribution in [3.05, 3.63) is 0 Å². The molecule has 1 aliphatic carbocycles. The van der Waals surface area contributed by atoms with Crippen LogP contribution in [0, 0.1) is 5.41 Å². The SMILES string of the molecule is CC(NC1CCCC(C)(C)C1)C(F)F. The van der Waals surface area contributed by atoms with Crippen LogP contribution >= 0.6 is 0 Å². The Kier molecular flexibility index (Phi) is 3.87. The Balaban J connectivity index is 2.38. The molecule has 0 amide bonds. The van der Waals surface area contributed by atoms with Gasteiger partial charge in [0.1, 0.15) is 0 Å². The molecule has 1 fully saturated rings. The molecule has 1 N–H and O–H groups in total. The van der Waals surface area contributed by atoms with Crippen molar-refractivity contribution in [2.24, 2.45) is 5.41 Å². The lowest BCUT2D eigenvalue weighted by molar-refractivity contribution is 0.0868. The van der Waals surface area contributed by atoms with Crippen LogP contribution in [0.1, 0.15) is 46.5 Å². The first-order chi connectivity index (χ1) is 6.41. The van der Waals surface area contributed by atoms with E-state index in [1.165, 1.54) is 6.42 Å². The molecule has 0 aromatic heterocycles. The van der Waals surface area contributed by atoms with Crippen molar-refractivity contribution < 1.29 is 8.78 Å². The lowest BCUT2D eigenvalue weighted by atomic mass is 9.75. The molecule has 1 rings (SSSR count). The van der Waals surface area contributed by atoms with E-state index >= 15 is 0 Å². The molecule has 1 aliphatic rings. The normalized spacial score (nSPS) is 29.1. The van der Waals surface area contributed by atoms with Crippen molar-refractivity contribution >= 4 is 0 Å². The third-order valence-electron chi connectivity index (χ3n) is 3.08. The van der Waals surface area contributed by atoms with E-state index in [0.717, 1.165) is 19.3 Å². The van der Waals surface area contributed by atoms with Gasteiger partial charge in [0.2, 0.25) is 0 Å². The highest BCUT2D eigenvalue weighted by Crippen LogP contribution is 2.35. The maximum atomic E-state index is 12.3. The fourth-order valence-electron chi connectivity index (χ4n) is 2.28. The van der Waals surface area contributed by atoms with Gasteiger partial charge < -0.3 is 5.32 Å². The number of hydrogen-bond donors (Lipinski definition) is 1. The zero-order valence-corrected chi connectivity index (χ0v) is 9.32. The van der Waals surface area contributed by atoms with E-state index in [2.05, 4.69) is 19.2 Å². The summed E-state index contributed by atoms with van der Waals surface area (Å²) in [6.45, 7) is 5.99. The van der Waals surface area contributed by atoms with Gasteiger partial charge in [-0.15, -0.1) is 0 Å². The molecule has 1 saturated carbocycles. The molecule has 84 valence electrons. The molecular weight excluding hydrogens is 184 g/mol. The van der Waals surface area contributed by atoms with Gasteiger partial charge in [-0.2, -0.15) is 0 Å². The second kappa shape index (κ2) is 4.56. The van der Waals surface area contributed by atoms with Crippen LogP contribution in [-0.4, -0.2) is 18.5 Å². The molecule has 14 heavy (non-hydrogen) atoms. The van der Waals surface area contributed by atoms with E-state index in [1.54, 1.807) is 6.92 Å². The zero-order valence-electron chi connectivity index (χ0n) is 9.32. The van der Waals surface area contributed by atoms with Crippen LogP contribution in [-0.2, 0) is 0 Å². The number of halogens is 2. The molecular formula is C11H21F2N. The molecule has 0 spiro atoms. The van der Waals surface area contributed by atoms with Crippen molar-refractivity contribution in [1.82, 2.24) is 5.32 Å². The quantitative estimate of drug-likeness (QED) is 0.746. The zero-order chi connectivity index (χ0) is 10.8. The van der Waals surface area contributed by atoms with Crippen LogP contribution in [0.25, 0.3) is 0 Å². The van der Waals surface area contributed by atoms with E-state index in [1.807, 2.05) is 0 Å². The van der Waals surface area contributed by atoms with Crippen molar-refractivity contribution in [3.63, 3.8) is 0 Å². The predicted octanol–water partition coefficient (Wildman–Crippen LogP) is 3.20. The Morgan fingerprint density at radius 3 is 2.50 bits per heavy atom. The summed E-state index contributed by atoms with van der Waals surface area (Å²) in [7, 11) is 0. The molecule has 2 atom stereocenters. The number of hydrogen-bond acceptors (Lipinski definition) is 1. The van der Waals surface area contributed by atoms with Gasteiger partial charge in [0.05, 0.1) is 6.04 Å². The number of rotatable bonds is 3. The van der Waals surface area contributed by atoms with Crippen LogP contribution in [0.5, 0.6) is 0 Å². The Bertz CT molecular complexity index is 180. The number of nitrogens with one attached hydrogen (secondary N) is 1. The van der Waals surface area contributed by atoms with Crippen LogP contribution in [0.4, 0.5) is 8.78 Å². The molecule has 0 bridgehead atoms. The van der Waals surface area contributed by atoms with Crippen molar-refractivity contribution in [2.45, 2.75) is 65.0 Å². The Hall–Kier alpha value is -0.180. The molecule has 2 unspecified atom stereocenters. The van der Waals surface area contributed by atoms with Gasteiger partial charge in [0, 0.05) is 6.04 Å². The summed E-state index contributed by atoms with van der Waals surface area (Å²) in [5, 5.41) is 3.02. The highest BCUT2D eigenvalue weighted by molar-refractivity contribution is 4.85. The van der Waals surface area contributed by atoms with Crippen molar-refractivity contribution in [1.29, 1.82) is 0 Å². The maximum Gasteiger partial charge on any atom is 0.253 e. The molecule has 0 heterocycles. The smallest absolute Gasteiger partial charge is 0.253 e. The van der Waals surface area contributed by atoms with Gasteiger partial charge in [0.15, 0.2) is 0 Å². The largest absolute Gasteiger partial charge is 0.306 e. The van der Waals surface area contributed by atoms with Gasteiger partial charge in [0.25, 0.3) is 6.43 Å². The summed E-state index contributed by atoms with van der Waals surface area (Å²) >= 11 is 0. The molecule has 3 heteroatoms. The maximum absolute atomic E-state index is 12.3. The summed E-state index contributed by atoms with van der Waals surface area (Å²) < 4.78 is 24.6. The third kappa shape index (κ3) is 3.52. The van der Waals surface area contributed by atoms with Gasteiger partial charge in [-0.3, -0.25) is 0 Å². The Labute approximate surface area is 85.3 Å². The van der Waals surface area contributed by atoms with Gasteiger partial charge in [-0.05, 0) is 31.6 Å². The van der Waals surface area contributed by atoms with E-state index in [4.69, 9.17) is 0 Å². The standard InChI is InChI=1S/C11H21F2N/c1-8(10(12)13)14-9-5-4-6-11(2,3)7-9/h8-10,14H,4-7H2,1-3H3. The third-order valence-corrected chi connectivity index (χ3v) is 3.08. The first kappa shape index (κ1) is 11.9. The number of alkyl halides is 2. The minimum Gasteiger partial charge on any atom is -0.306 e. The van der Waals surface area contributed by atoms with Crippen LogP contribution in [0.15, 0.2) is 0 Å². The van der Waals surface area contributed by atoms with Crippen LogP contribution in [0.2, 0.25) is 0 Å². The highest BCUT2D eigenvalue weighted by Gasteiger charge is 2.29. The molecule has 0 saturated heterocycles. The van der Waals surface area contributed by atoms with Gasteiger partial charge in [-0.1, -0.05) is 20.3 Å². The minimum absolute atomic E-state index is 0.280. The molecule has 0 aromatic rings. The summed E-state index contributed by atoms with van der Waals surface area (Å²) in [5.41, 5.74) is 0.317. The Morgan fingerprint density at radius 1 is 1.36 bits per heavy atom. The topological polar surface area (TPSA) is 12.0 Å². The summed E-state index contributed by atoms with van der Waals surface area (Å²) in [4.78, 5) is 0. The summed E-state index contributed by atoms with van der Waals surface area (Å²) in [5.74, 6) is 0. The van der Waals surface area contributed by atoms with E-state index in [9.17, 15) is 8.78 Å². The fraction of sp³-hybridized carbons (Fsp3) is 1.00. The summed E-state index contributed by atoms with van der Waals surface area (Å²) in [6.07, 6.45) is 2.18. The molecule has 0 aliphatic heterocycles. The van der Waals surface area contributed by atoms with E-state index < -0.39 is 12.5 Å². The lowest BCUT2D eigenvalue weighted by Gasteiger charge is -2.36. The lowest BCUT2D eigenvalue weighted by Crippen LogP contribution is -2.44. The van der Waals surface area contributed by atoms with Crippen molar-refractivity contribution in [3.8, 4) is 0 Å². The van der Waals surface area contributed by atoms with Gasteiger partial charge in [-0.25, -0.2) is 8.78 Å². The second-order valence-electron chi connectivity index (χ2n) is 5.25. The van der Waals surface area contributed by atoms with E-state index in [-0.39, 0.29) is 6.04 Å². The molecule has 0 radical (unpaired) electrons. The first-order valence-electron chi connectivity index (χ1n) is 5.45. The van der Waals surface area contributed by atoms with Gasteiger partial charge >= 0.3 is 0 Å². The predicted molar refractivity (Wildman–Crippen MR) is 54.6 cm³/mol. The minimum atomic E-state index is -2.25. The van der Waals surface area contributed by atoms with Crippen LogP contribution in [0.3, 0.4) is 0 Å². The Morgan fingerprint density at radius 2 is 2.00 bits per heavy atom. The fourth-order valence-corrected chi connectivity index (χ4v) is 2.28. The first-order valence-corrected chi connectivity index (χ1v) is 5.45. The second-order valence-corrected chi connectivity index (χ2v) is 5.25. The van der Waals surface area contributed by atoms with Crippen LogP contribution < -0.4 is 5.32 Å². The highest BCUT2D eigenvalue weighted by atomic mass is 19.3. The average Bonchev–Trinajstić information content (AvgIpc) is 2.01. The monoisotopic (exact) mass is 205 g/mol. The molecule has 0 aromatic carbocycles.